The molecule has 0 aromatic rings. The highest BCUT2D eigenvalue weighted by Gasteiger charge is 2.66. The summed E-state index contributed by atoms with van der Waals surface area (Å²) in [5.74, 6) is 3.43. The van der Waals surface area contributed by atoms with E-state index in [9.17, 15) is 4.79 Å². The molecule has 0 aromatic heterocycles. The Bertz CT molecular complexity index is 366. The average molecular weight is 249 g/mol. The zero-order valence-electron chi connectivity index (χ0n) is 12.2. The Balaban J connectivity index is 2.00. The highest BCUT2D eigenvalue weighted by molar-refractivity contribution is 5.48. The van der Waals surface area contributed by atoms with Crippen LogP contribution in [0.3, 0.4) is 0 Å². The van der Waals surface area contributed by atoms with E-state index in [1.165, 1.54) is 25.7 Å². The Kier molecular flexibility index (Phi) is 2.60. The van der Waals surface area contributed by atoms with Gasteiger partial charge in [-0.15, -0.1) is 0 Å². The molecule has 1 N–H and O–H groups in total. The molecule has 4 saturated carbocycles. The van der Waals surface area contributed by atoms with E-state index in [1.54, 1.807) is 0 Å². The van der Waals surface area contributed by atoms with Gasteiger partial charge < -0.3 is 5.32 Å². The summed E-state index contributed by atoms with van der Waals surface area (Å²) in [4.78, 5) is 11.0. The lowest BCUT2D eigenvalue weighted by molar-refractivity contribution is -0.120. The van der Waals surface area contributed by atoms with E-state index < -0.39 is 0 Å². The third kappa shape index (κ3) is 1.38. The lowest BCUT2D eigenvalue weighted by Crippen LogP contribution is -2.62. The molecule has 4 fully saturated rings. The van der Waals surface area contributed by atoms with Crippen LogP contribution in [0.15, 0.2) is 0 Å². The second kappa shape index (κ2) is 3.74. The van der Waals surface area contributed by atoms with Crippen LogP contribution in [-0.2, 0) is 4.79 Å². The van der Waals surface area contributed by atoms with Gasteiger partial charge >= 0.3 is 0 Å². The molecule has 0 unspecified atom stereocenters. The molecule has 1 amide bonds. The van der Waals surface area contributed by atoms with Crippen molar-refractivity contribution in [2.24, 2.45) is 34.5 Å². The summed E-state index contributed by atoms with van der Waals surface area (Å²) in [7, 11) is 0. The van der Waals surface area contributed by atoms with Gasteiger partial charge in [-0.3, -0.25) is 4.79 Å². The largest absolute Gasteiger partial charge is 0.355 e. The summed E-state index contributed by atoms with van der Waals surface area (Å²) in [5, 5.41) is 3.20. The molecule has 4 aliphatic rings. The van der Waals surface area contributed by atoms with Crippen molar-refractivity contribution in [2.75, 3.05) is 0 Å². The van der Waals surface area contributed by atoms with Crippen LogP contribution >= 0.6 is 0 Å². The Morgan fingerprint density at radius 1 is 1.28 bits per heavy atom. The number of hydrogen-bond acceptors (Lipinski definition) is 1. The number of amides is 1. The van der Waals surface area contributed by atoms with Gasteiger partial charge in [0.2, 0.25) is 6.41 Å². The highest BCUT2D eigenvalue weighted by atomic mass is 16.1. The van der Waals surface area contributed by atoms with Gasteiger partial charge in [0.15, 0.2) is 0 Å². The molecule has 4 rings (SSSR count). The number of carbonyl (C=O) groups is 1. The summed E-state index contributed by atoms with van der Waals surface area (Å²) in [5.41, 5.74) is 0.699. The van der Waals surface area contributed by atoms with E-state index in [2.05, 4.69) is 33.0 Å². The van der Waals surface area contributed by atoms with Crippen molar-refractivity contribution >= 4 is 6.41 Å². The van der Waals surface area contributed by atoms with Gasteiger partial charge in [0.1, 0.15) is 0 Å². The standard InChI is InChI=1S/C16H27NO/c1-10(2)11-8-16(4)13-5-6-15(3,7-12(11)13)14(16)17-9-18/h9-14H,5-8H2,1-4H3,(H,17,18)/t11-,12+,13+,14+,15-,16-/m1/s1. The number of fused-ring (bicyclic) bond motifs is 1. The second-order valence-corrected chi connectivity index (χ2v) is 8.00. The SMILES string of the molecule is CC(C)[C@H]1C[C@]2(C)[C@H]3CC[C@](C)(C[C@@H]13)[C@@H]2NC=O. The summed E-state index contributed by atoms with van der Waals surface area (Å²) < 4.78 is 0. The van der Waals surface area contributed by atoms with Crippen LogP contribution in [0.4, 0.5) is 0 Å². The molecule has 4 bridgehead atoms. The number of hydrogen-bond donors (Lipinski definition) is 1. The maximum Gasteiger partial charge on any atom is 0.207 e. The third-order valence-electron chi connectivity index (χ3n) is 6.77. The van der Waals surface area contributed by atoms with Gasteiger partial charge in [-0.25, -0.2) is 0 Å². The van der Waals surface area contributed by atoms with Crippen molar-refractivity contribution in [3.8, 4) is 0 Å². The van der Waals surface area contributed by atoms with Crippen molar-refractivity contribution in [1.29, 1.82) is 0 Å². The molecule has 0 heterocycles. The van der Waals surface area contributed by atoms with Crippen molar-refractivity contribution in [2.45, 2.75) is 59.4 Å². The van der Waals surface area contributed by atoms with E-state index in [-0.39, 0.29) is 0 Å². The Hall–Kier alpha value is -0.530. The van der Waals surface area contributed by atoms with Crippen molar-refractivity contribution < 1.29 is 4.79 Å². The highest BCUT2D eigenvalue weighted by Crippen LogP contribution is 2.70. The summed E-state index contributed by atoms with van der Waals surface area (Å²) in [6, 6.07) is 0.404. The van der Waals surface area contributed by atoms with E-state index in [1.807, 2.05) is 0 Å². The molecular formula is C16H27NO. The van der Waals surface area contributed by atoms with Gasteiger partial charge in [0.25, 0.3) is 0 Å². The van der Waals surface area contributed by atoms with Crippen LogP contribution in [0.2, 0.25) is 0 Å². The second-order valence-electron chi connectivity index (χ2n) is 8.00. The molecule has 0 aromatic carbocycles. The normalized spacial score (nSPS) is 53.8. The minimum absolute atomic E-state index is 0.346. The molecule has 0 radical (unpaired) electrons. The third-order valence-corrected chi connectivity index (χ3v) is 6.77. The van der Waals surface area contributed by atoms with Crippen LogP contribution in [-0.4, -0.2) is 12.5 Å². The van der Waals surface area contributed by atoms with Crippen LogP contribution < -0.4 is 5.32 Å². The molecule has 0 spiro atoms. The van der Waals surface area contributed by atoms with E-state index >= 15 is 0 Å². The minimum atomic E-state index is 0.346. The molecule has 4 aliphatic carbocycles. The number of carbonyl (C=O) groups excluding carboxylic acids is 1. The maximum atomic E-state index is 11.0. The predicted molar refractivity (Wildman–Crippen MR) is 73.0 cm³/mol. The Labute approximate surface area is 111 Å². The van der Waals surface area contributed by atoms with Crippen LogP contribution in [0.5, 0.6) is 0 Å². The summed E-state index contributed by atoms with van der Waals surface area (Å²) in [6.45, 7) is 9.63. The van der Waals surface area contributed by atoms with Gasteiger partial charge in [-0.2, -0.15) is 0 Å². The molecular weight excluding hydrogens is 222 g/mol. The first kappa shape index (κ1) is 12.5. The molecule has 6 atom stereocenters. The van der Waals surface area contributed by atoms with Gasteiger partial charge in [0, 0.05) is 6.04 Å². The fraction of sp³-hybridized carbons (Fsp3) is 0.938. The van der Waals surface area contributed by atoms with Gasteiger partial charge in [0.05, 0.1) is 0 Å². The number of rotatable bonds is 3. The molecule has 2 nitrogen and oxygen atoms in total. The fourth-order valence-electron chi connectivity index (χ4n) is 6.14. The first-order chi connectivity index (χ1) is 8.42. The smallest absolute Gasteiger partial charge is 0.207 e. The first-order valence-corrected chi connectivity index (χ1v) is 7.62. The van der Waals surface area contributed by atoms with Crippen LogP contribution in [0.25, 0.3) is 0 Å². The quantitative estimate of drug-likeness (QED) is 0.765. The minimum Gasteiger partial charge on any atom is -0.355 e. The first-order valence-electron chi connectivity index (χ1n) is 7.62. The lowest BCUT2D eigenvalue weighted by atomic mass is 9.48. The fourth-order valence-corrected chi connectivity index (χ4v) is 6.14. The zero-order chi connectivity index (χ0) is 13.1. The number of nitrogens with one attached hydrogen (secondary N) is 1. The van der Waals surface area contributed by atoms with Crippen molar-refractivity contribution in [3.05, 3.63) is 0 Å². The molecule has 0 aliphatic heterocycles. The Morgan fingerprint density at radius 3 is 2.61 bits per heavy atom. The molecule has 18 heavy (non-hydrogen) atoms. The van der Waals surface area contributed by atoms with E-state index in [0.717, 1.165) is 30.1 Å². The summed E-state index contributed by atoms with van der Waals surface area (Å²) in [6.07, 6.45) is 6.29. The van der Waals surface area contributed by atoms with Crippen molar-refractivity contribution in [1.82, 2.24) is 5.32 Å². The van der Waals surface area contributed by atoms with E-state index in [0.29, 0.717) is 16.9 Å². The Morgan fingerprint density at radius 2 is 2.00 bits per heavy atom. The average Bonchev–Trinajstić information content (AvgIpc) is 2.55. The van der Waals surface area contributed by atoms with Crippen LogP contribution in [0.1, 0.15) is 53.4 Å². The predicted octanol–water partition coefficient (Wildman–Crippen LogP) is 3.22. The van der Waals surface area contributed by atoms with Gasteiger partial charge in [-0.05, 0) is 60.2 Å². The van der Waals surface area contributed by atoms with Crippen molar-refractivity contribution in [3.63, 3.8) is 0 Å². The molecule has 102 valence electrons. The summed E-state index contributed by atoms with van der Waals surface area (Å²) >= 11 is 0. The lowest BCUT2D eigenvalue weighted by Gasteiger charge is -2.59. The molecule has 2 heteroatoms. The van der Waals surface area contributed by atoms with E-state index in [4.69, 9.17) is 0 Å². The van der Waals surface area contributed by atoms with Crippen LogP contribution in [0, 0.1) is 34.5 Å². The van der Waals surface area contributed by atoms with Gasteiger partial charge in [-0.1, -0.05) is 27.7 Å². The molecule has 0 saturated heterocycles. The maximum absolute atomic E-state index is 11.0. The monoisotopic (exact) mass is 249 g/mol. The topological polar surface area (TPSA) is 29.1 Å². The zero-order valence-corrected chi connectivity index (χ0v) is 12.2.